The van der Waals surface area contributed by atoms with Crippen LogP contribution in [0.15, 0.2) is 41.8 Å². The molecule has 2 heterocycles. The number of urea groups is 1. The van der Waals surface area contributed by atoms with Gasteiger partial charge >= 0.3 is 18.2 Å². The second-order valence-electron chi connectivity index (χ2n) is 6.05. The summed E-state index contributed by atoms with van der Waals surface area (Å²) in [7, 11) is 0. The highest BCUT2D eigenvalue weighted by Gasteiger charge is 2.28. The third-order valence-corrected chi connectivity index (χ3v) is 4.50. The molecule has 2 aromatic heterocycles. The van der Waals surface area contributed by atoms with E-state index in [1.807, 2.05) is 0 Å². The third-order valence-electron chi connectivity index (χ3n) is 3.64. The van der Waals surface area contributed by atoms with E-state index < -0.39 is 48.9 Å². The molecule has 3 rings (SSSR count). The number of carbonyl (C=O) groups excluding carboxylic acids is 3. The molecule has 168 valence electrons. The molecule has 0 spiro atoms. The molecule has 3 amide bonds. The molecule has 3 aromatic rings. The molecule has 0 radical (unpaired) electrons. The first-order valence-corrected chi connectivity index (χ1v) is 9.59. The van der Waals surface area contributed by atoms with E-state index in [-0.39, 0.29) is 5.82 Å². The van der Waals surface area contributed by atoms with Gasteiger partial charge in [0.05, 0.1) is 10.6 Å². The van der Waals surface area contributed by atoms with E-state index in [4.69, 9.17) is 4.74 Å². The summed E-state index contributed by atoms with van der Waals surface area (Å²) in [6, 6.07) is 7.30. The van der Waals surface area contributed by atoms with Gasteiger partial charge in [0.1, 0.15) is 12.4 Å². The number of rotatable bonds is 6. The lowest BCUT2D eigenvalue weighted by Crippen LogP contribution is -2.44. The second-order valence-corrected chi connectivity index (χ2v) is 6.99. The topological polar surface area (TPSA) is 115 Å². The molecule has 2 N–H and O–H groups in total. The maximum absolute atomic E-state index is 13.2. The highest BCUT2D eigenvalue weighted by Crippen LogP contribution is 2.25. The molecule has 0 unspecified atom stereocenters. The molecule has 0 saturated heterocycles. The number of benzene rings is 1. The molecule has 0 fully saturated rings. The average Bonchev–Trinajstić information content (AvgIpc) is 3.40. The molecule has 0 bridgehead atoms. The molecule has 0 aliphatic carbocycles. The zero-order valence-corrected chi connectivity index (χ0v) is 16.7. The van der Waals surface area contributed by atoms with Crippen molar-refractivity contribution in [3.8, 4) is 16.4 Å². The van der Waals surface area contributed by atoms with Crippen LogP contribution in [-0.2, 0) is 9.53 Å². The number of nitrogens with zero attached hydrogens (tertiary/aromatic N) is 3. The fraction of sp³-hybridized carbons (Fsp3) is 0.167. The zero-order chi connectivity index (χ0) is 23.3. The Kier molecular flexibility index (Phi) is 6.82. The van der Waals surface area contributed by atoms with Crippen LogP contribution in [0.2, 0.25) is 0 Å². The SMILES string of the molecule is O=C(COC(=O)c1nc(-c2cccs2)n(-c2ccc(F)cc2)n1)NC(=O)NCC(F)(F)F. The van der Waals surface area contributed by atoms with Crippen LogP contribution in [-0.4, -0.2) is 52.0 Å². The maximum atomic E-state index is 13.2. The van der Waals surface area contributed by atoms with Crippen molar-refractivity contribution < 1.29 is 36.7 Å². The number of amides is 3. The summed E-state index contributed by atoms with van der Waals surface area (Å²) in [5.41, 5.74) is 0.403. The van der Waals surface area contributed by atoms with E-state index in [0.29, 0.717) is 10.6 Å². The fourth-order valence-corrected chi connectivity index (χ4v) is 3.01. The van der Waals surface area contributed by atoms with Crippen LogP contribution >= 0.6 is 11.3 Å². The number of alkyl halides is 3. The van der Waals surface area contributed by atoms with Gasteiger partial charge in [0, 0.05) is 0 Å². The molecule has 0 aliphatic rings. The van der Waals surface area contributed by atoms with Gasteiger partial charge in [-0.2, -0.15) is 18.2 Å². The fourth-order valence-electron chi connectivity index (χ4n) is 2.31. The largest absolute Gasteiger partial charge is 0.450 e. The minimum atomic E-state index is -4.65. The zero-order valence-electron chi connectivity index (χ0n) is 15.9. The summed E-state index contributed by atoms with van der Waals surface area (Å²) in [6.45, 7) is -2.60. The number of thiophene rings is 1. The average molecular weight is 471 g/mol. The lowest BCUT2D eigenvalue weighted by Gasteiger charge is -2.08. The van der Waals surface area contributed by atoms with E-state index in [0.717, 1.165) is 0 Å². The lowest BCUT2D eigenvalue weighted by atomic mass is 10.3. The minimum absolute atomic E-state index is 0.259. The predicted molar refractivity (Wildman–Crippen MR) is 103 cm³/mol. The molecule has 0 aliphatic heterocycles. The standard InChI is InChI=1S/C18H13F4N5O4S/c19-10-3-5-11(6-4-10)27-15(12-2-1-7-32-12)25-14(26-27)16(29)31-8-13(28)24-17(30)23-9-18(20,21)22/h1-7H,8-9H2,(H2,23,24,28,30). The van der Waals surface area contributed by atoms with E-state index in [1.165, 1.54) is 45.6 Å². The molecule has 32 heavy (non-hydrogen) atoms. The van der Waals surface area contributed by atoms with E-state index >= 15 is 0 Å². The molecule has 1 aromatic carbocycles. The van der Waals surface area contributed by atoms with Crippen LogP contribution in [0.1, 0.15) is 10.6 Å². The number of esters is 1. The van der Waals surface area contributed by atoms with E-state index in [9.17, 15) is 31.9 Å². The Bertz CT molecular complexity index is 1110. The number of imide groups is 1. The van der Waals surface area contributed by atoms with Crippen molar-refractivity contribution in [2.45, 2.75) is 6.18 Å². The Hall–Kier alpha value is -3.81. The van der Waals surface area contributed by atoms with E-state index in [1.54, 1.807) is 22.8 Å². The van der Waals surface area contributed by atoms with Crippen molar-refractivity contribution in [3.05, 3.63) is 53.4 Å². The van der Waals surface area contributed by atoms with Gasteiger partial charge in [0.15, 0.2) is 12.4 Å². The Balaban J connectivity index is 1.68. The first-order chi connectivity index (χ1) is 15.1. The number of aromatic nitrogens is 3. The molecule has 14 heteroatoms. The maximum Gasteiger partial charge on any atom is 0.405 e. The van der Waals surface area contributed by atoms with Gasteiger partial charge in [0.25, 0.3) is 11.7 Å². The number of hydrogen-bond acceptors (Lipinski definition) is 7. The summed E-state index contributed by atoms with van der Waals surface area (Å²) >= 11 is 1.31. The highest BCUT2D eigenvalue weighted by atomic mass is 32.1. The minimum Gasteiger partial charge on any atom is -0.450 e. The van der Waals surface area contributed by atoms with Crippen molar-refractivity contribution in [2.75, 3.05) is 13.2 Å². The first-order valence-electron chi connectivity index (χ1n) is 8.71. The molecule has 9 nitrogen and oxygen atoms in total. The molecule has 0 atom stereocenters. The quantitative estimate of drug-likeness (QED) is 0.422. The summed E-state index contributed by atoms with van der Waals surface area (Å²) in [6.07, 6.45) is -4.65. The third kappa shape index (κ3) is 6.10. The van der Waals surface area contributed by atoms with Crippen LogP contribution in [0.5, 0.6) is 0 Å². The van der Waals surface area contributed by atoms with Crippen LogP contribution in [0.4, 0.5) is 22.4 Å². The van der Waals surface area contributed by atoms with Crippen molar-refractivity contribution in [3.63, 3.8) is 0 Å². The van der Waals surface area contributed by atoms with Gasteiger partial charge in [-0.05, 0) is 35.7 Å². The molecular formula is C18H13F4N5O4S. The van der Waals surface area contributed by atoms with Crippen LogP contribution in [0.25, 0.3) is 16.4 Å². The summed E-state index contributed by atoms with van der Waals surface area (Å²) in [4.78, 5) is 39.9. The summed E-state index contributed by atoms with van der Waals surface area (Å²) < 4.78 is 55.4. The summed E-state index contributed by atoms with van der Waals surface area (Å²) in [5.74, 6) is -2.91. The van der Waals surface area contributed by atoms with Gasteiger partial charge in [-0.1, -0.05) is 6.07 Å². The Labute approximate surface area is 181 Å². The predicted octanol–water partition coefficient (Wildman–Crippen LogP) is 2.68. The van der Waals surface area contributed by atoms with Gasteiger partial charge in [0.2, 0.25) is 0 Å². The monoisotopic (exact) mass is 471 g/mol. The Morgan fingerprint density at radius 2 is 1.84 bits per heavy atom. The smallest absolute Gasteiger partial charge is 0.405 e. The van der Waals surface area contributed by atoms with Crippen molar-refractivity contribution in [2.24, 2.45) is 0 Å². The molecular weight excluding hydrogens is 458 g/mol. The second kappa shape index (κ2) is 9.55. The molecule has 0 saturated carbocycles. The van der Waals surface area contributed by atoms with Crippen molar-refractivity contribution >= 4 is 29.2 Å². The van der Waals surface area contributed by atoms with Crippen molar-refractivity contribution in [1.29, 1.82) is 0 Å². The van der Waals surface area contributed by atoms with Crippen LogP contribution in [0.3, 0.4) is 0 Å². The van der Waals surface area contributed by atoms with Gasteiger partial charge in [-0.3, -0.25) is 10.1 Å². The number of carbonyl (C=O) groups is 3. The Morgan fingerprint density at radius 1 is 1.12 bits per heavy atom. The number of hydrogen-bond donors (Lipinski definition) is 2. The first kappa shape index (κ1) is 22.9. The van der Waals surface area contributed by atoms with Gasteiger partial charge in [-0.25, -0.2) is 18.7 Å². The number of nitrogens with one attached hydrogen (secondary N) is 2. The van der Waals surface area contributed by atoms with Crippen LogP contribution in [0, 0.1) is 5.82 Å². The number of halogens is 4. The van der Waals surface area contributed by atoms with Crippen molar-refractivity contribution in [1.82, 2.24) is 25.4 Å². The Morgan fingerprint density at radius 3 is 2.47 bits per heavy atom. The lowest BCUT2D eigenvalue weighted by molar-refractivity contribution is -0.125. The normalized spacial score (nSPS) is 11.1. The van der Waals surface area contributed by atoms with Gasteiger partial charge in [-0.15, -0.1) is 16.4 Å². The summed E-state index contributed by atoms with van der Waals surface area (Å²) in [5, 5.41) is 8.82. The van der Waals surface area contributed by atoms with Gasteiger partial charge < -0.3 is 10.1 Å². The van der Waals surface area contributed by atoms with Crippen LogP contribution < -0.4 is 10.6 Å². The number of ether oxygens (including phenoxy) is 1. The van der Waals surface area contributed by atoms with E-state index in [2.05, 4.69) is 10.1 Å². The highest BCUT2D eigenvalue weighted by molar-refractivity contribution is 7.13.